The van der Waals surface area contributed by atoms with Crippen molar-refractivity contribution in [1.29, 1.82) is 0 Å². The Kier molecular flexibility index (Phi) is 5.87. The molecule has 1 heterocycles. The van der Waals surface area contributed by atoms with Gasteiger partial charge in [0.1, 0.15) is 5.75 Å². The van der Waals surface area contributed by atoms with E-state index in [0.29, 0.717) is 13.2 Å². The predicted molar refractivity (Wildman–Crippen MR) is 77.6 cm³/mol. The van der Waals surface area contributed by atoms with Gasteiger partial charge in [-0.05, 0) is 31.0 Å². The lowest BCUT2D eigenvalue weighted by atomic mass is 10.1. The molecule has 0 spiro atoms. The van der Waals surface area contributed by atoms with Crippen LogP contribution in [0.1, 0.15) is 24.0 Å². The number of nitrogens with two attached hydrogens (primary N) is 1. The lowest BCUT2D eigenvalue weighted by Gasteiger charge is -2.22. The summed E-state index contributed by atoms with van der Waals surface area (Å²) < 4.78 is 16.6. The van der Waals surface area contributed by atoms with E-state index >= 15 is 0 Å². The van der Waals surface area contributed by atoms with E-state index in [2.05, 4.69) is 11.8 Å². The fraction of sp³-hybridized carbons (Fsp3) is 0.500. The molecule has 2 N–H and O–H groups in total. The summed E-state index contributed by atoms with van der Waals surface area (Å²) in [6, 6.07) is 5.85. The summed E-state index contributed by atoms with van der Waals surface area (Å²) in [6.07, 6.45) is 2.18. The van der Waals surface area contributed by atoms with E-state index in [1.54, 1.807) is 7.11 Å². The highest BCUT2D eigenvalue weighted by atomic mass is 16.5. The topological polar surface area (TPSA) is 53.7 Å². The number of rotatable bonds is 4. The molecule has 4 nitrogen and oxygen atoms in total. The van der Waals surface area contributed by atoms with Gasteiger partial charge in [-0.25, -0.2) is 0 Å². The van der Waals surface area contributed by atoms with Gasteiger partial charge in [-0.15, -0.1) is 0 Å². The molecule has 2 rings (SSSR count). The van der Waals surface area contributed by atoms with Gasteiger partial charge < -0.3 is 19.9 Å². The Morgan fingerprint density at radius 1 is 1.35 bits per heavy atom. The molecule has 1 aromatic rings. The maximum absolute atomic E-state index is 5.94. The summed E-state index contributed by atoms with van der Waals surface area (Å²) in [6.45, 7) is 2.46. The van der Waals surface area contributed by atoms with Crippen molar-refractivity contribution in [2.24, 2.45) is 5.73 Å². The molecular weight excluding hydrogens is 254 g/mol. The highest BCUT2D eigenvalue weighted by molar-refractivity contribution is 5.44. The summed E-state index contributed by atoms with van der Waals surface area (Å²) >= 11 is 0. The second-order valence-corrected chi connectivity index (χ2v) is 4.66. The summed E-state index contributed by atoms with van der Waals surface area (Å²) in [5.41, 5.74) is 7.34. The highest BCUT2D eigenvalue weighted by Gasteiger charge is 2.15. The largest absolute Gasteiger partial charge is 0.496 e. The standard InChI is InChI=1S/C16H21NO3/c1-18-16-5-4-13(3-2-8-17)11-14(16)12-20-15-6-9-19-10-7-15/h4-5,11,15H,6-10,12,17H2,1H3. The van der Waals surface area contributed by atoms with Crippen molar-refractivity contribution in [3.63, 3.8) is 0 Å². The summed E-state index contributed by atoms with van der Waals surface area (Å²) in [7, 11) is 1.67. The monoisotopic (exact) mass is 275 g/mol. The molecule has 0 aromatic heterocycles. The Labute approximate surface area is 120 Å². The first-order valence-corrected chi connectivity index (χ1v) is 6.88. The van der Waals surface area contributed by atoms with E-state index in [4.69, 9.17) is 19.9 Å². The maximum atomic E-state index is 5.94. The van der Waals surface area contributed by atoms with Crippen LogP contribution in [0.3, 0.4) is 0 Å². The molecular formula is C16H21NO3. The number of benzene rings is 1. The molecule has 0 atom stereocenters. The van der Waals surface area contributed by atoms with Gasteiger partial charge in [0.05, 0.1) is 26.4 Å². The van der Waals surface area contributed by atoms with Crippen molar-refractivity contribution in [1.82, 2.24) is 0 Å². The van der Waals surface area contributed by atoms with Crippen molar-refractivity contribution in [3.8, 4) is 17.6 Å². The molecule has 1 aliphatic heterocycles. The Morgan fingerprint density at radius 2 is 2.15 bits per heavy atom. The lowest BCUT2D eigenvalue weighted by molar-refractivity contribution is -0.0394. The third-order valence-electron chi connectivity index (χ3n) is 3.26. The molecule has 1 aromatic carbocycles. The molecule has 0 radical (unpaired) electrons. The smallest absolute Gasteiger partial charge is 0.124 e. The minimum atomic E-state index is 0.271. The second kappa shape index (κ2) is 7.91. The SMILES string of the molecule is COc1ccc(C#CCN)cc1COC1CCOCC1. The fourth-order valence-corrected chi connectivity index (χ4v) is 2.17. The molecule has 1 fully saturated rings. The number of ether oxygens (including phenoxy) is 3. The van der Waals surface area contributed by atoms with Crippen molar-refractivity contribution in [2.45, 2.75) is 25.6 Å². The van der Waals surface area contributed by atoms with Gasteiger partial charge in [0.15, 0.2) is 0 Å². The number of methoxy groups -OCH3 is 1. The van der Waals surface area contributed by atoms with Crippen LogP contribution in [0, 0.1) is 11.8 Å². The summed E-state index contributed by atoms with van der Waals surface area (Å²) in [4.78, 5) is 0. The summed E-state index contributed by atoms with van der Waals surface area (Å²) in [5.74, 6) is 6.71. The lowest BCUT2D eigenvalue weighted by Crippen LogP contribution is -2.23. The average Bonchev–Trinajstić information content (AvgIpc) is 2.52. The Bertz CT molecular complexity index is 484. The van der Waals surface area contributed by atoms with Crippen LogP contribution in [0.15, 0.2) is 18.2 Å². The predicted octanol–water partition coefficient (Wildman–Crippen LogP) is 1.70. The Hall–Kier alpha value is -1.54. The first-order valence-electron chi connectivity index (χ1n) is 6.88. The van der Waals surface area contributed by atoms with Crippen LogP contribution in [0.25, 0.3) is 0 Å². The van der Waals surface area contributed by atoms with Crippen LogP contribution in [0.5, 0.6) is 5.75 Å². The van der Waals surface area contributed by atoms with Gasteiger partial charge >= 0.3 is 0 Å². The van der Waals surface area contributed by atoms with E-state index in [0.717, 1.165) is 42.9 Å². The molecule has 1 aliphatic rings. The van der Waals surface area contributed by atoms with Crippen molar-refractivity contribution >= 4 is 0 Å². The number of hydrogen-bond acceptors (Lipinski definition) is 4. The normalized spacial score (nSPS) is 15.5. The van der Waals surface area contributed by atoms with E-state index in [9.17, 15) is 0 Å². The van der Waals surface area contributed by atoms with Crippen LogP contribution in [-0.4, -0.2) is 33.0 Å². The van der Waals surface area contributed by atoms with E-state index in [1.807, 2.05) is 18.2 Å². The zero-order valence-corrected chi connectivity index (χ0v) is 11.9. The molecule has 0 bridgehead atoms. The van der Waals surface area contributed by atoms with Crippen LogP contribution in [-0.2, 0) is 16.1 Å². The van der Waals surface area contributed by atoms with Crippen LogP contribution >= 0.6 is 0 Å². The van der Waals surface area contributed by atoms with Crippen molar-refractivity contribution in [2.75, 3.05) is 26.9 Å². The molecule has 0 aliphatic carbocycles. The molecule has 4 heteroatoms. The molecule has 20 heavy (non-hydrogen) atoms. The van der Waals surface area contributed by atoms with Crippen molar-refractivity contribution in [3.05, 3.63) is 29.3 Å². The van der Waals surface area contributed by atoms with Crippen LogP contribution in [0.2, 0.25) is 0 Å². The van der Waals surface area contributed by atoms with Gasteiger partial charge in [-0.3, -0.25) is 0 Å². The van der Waals surface area contributed by atoms with Gasteiger partial charge in [0.25, 0.3) is 0 Å². The fourth-order valence-electron chi connectivity index (χ4n) is 2.17. The quantitative estimate of drug-likeness (QED) is 0.850. The molecule has 0 unspecified atom stereocenters. The average molecular weight is 275 g/mol. The van der Waals surface area contributed by atoms with Crippen LogP contribution < -0.4 is 10.5 Å². The Balaban J connectivity index is 2.03. The van der Waals surface area contributed by atoms with E-state index in [1.165, 1.54) is 0 Å². The third-order valence-corrected chi connectivity index (χ3v) is 3.26. The number of hydrogen-bond donors (Lipinski definition) is 1. The van der Waals surface area contributed by atoms with Gasteiger partial charge in [0.2, 0.25) is 0 Å². The van der Waals surface area contributed by atoms with Gasteiger partial charge in [-0.1, -0.05) is 11.8 Å². The van der Waals surface area contributed by atoms with E-state index < -0.39 is 0 Å². The zero-order valence-electron chi connectivity index (χ0n) is 11.9. The van der Waals surface area contributed by atoms with E-state index in [-0.39, 0.29) is 6.10 Å². The second-order valence-electron chi connectivity index (χ2n) is 4.66. The minimum absolute atomic E-state index is 0.271. The minimum Gasteiger partial charge on any atom is -0.496 e. The Morgan fingerprint density at radius 3 is 2.85 bits per heavy atom. The maximum Gasteiger partial charge on any atom is 0.124 e. The molecule has 108 valence electrons. The molecule has 0 saturated carbocycles. The summed E-state index contributed by atoms with van der Waals surface area (Å²) in [5, 5.41) is 0. The van der Waals surface area contributed by atoms with Crippen LogP contribution in [0.4, 0.5) is 0 Å². The zero-order chi connectivity index (χ0) is 14.2. The van der Waals surface area contributed by atoms with Gasteiger partial charge in [0, 0.05) is 24.3 Å². The highest BCUT2D eigenvalue weighted by Crippen LogP contribution is 2.22. The van der Waals surface area contributed by atoms with Gasteiger partial charge in [-0.2, -0.15) is 0 Å². The van der Waals surface area contributed by atoms with Crippen molar-refractivity contribution < 1.29 is 14.2 Å². The third kappa shape index (κ3) is 4.24. The first-order chi connectivity index (χ1) is 9.83. The molecule has 1 saturated heterocycles. The molecule has 0 amide bonds. The first kappa shape index (κ1) is 14.9.